The van der Waals surface area contributed by atoms with Gasteiger partial charge in [-0.05, 0) is 23.1 Å². The molecule has 0 bridgehead atoms. The van der Waals surface area contributed by atoms with E-state index >= 15 is 0 Å². The Bertz CT molecular complexity index is 1170. The molecule has 4 aromatic rings. The zero-order chi connectivity index (χ0) is 17.4. The molecule has 4 rings (SSSR count). The number of carbonyl (C=O) groups is 1. The van der Waals surface area contributed by atoms with Crippen LogP contribution in [-0.2, 0) is 11.2 Å². The van der Waals surface area contributed by atoms with Gasteiger partial charge in [-0.1, -0.05) is 30.3 Å². The van der Waals surface area contributed by atoms with E-state index < -0.39 is 5.97 Å². The molecule has 0 spiro atoms. The highest BCUT2D eigenvalue weighted by Gasteiger charge is 2.14. The number of nitriles is 1. The van der Waals surface area contributed by atoms with Crippen LogP contribution in [0.2, 0.25) is 0 Å². The number of hydrogen-bond acceptors (Lipinski definition) is 4. The fourth-order valence-corrected chi connectivity index (χ4v) is 4.22. The molecule has 0 radical (unpaired) electrons. The van der Waals surface area contributed by atoms with Crippen LogP contribution in [0.3, 0.4) is 0 Å². The number of hydrogen-bond donors (Lipinski definition) is 1. The zero-order valence-electron chi connectivity index (χ0n) is 13.1. The lowest BCUT2D eigenvalue weighted by Crippen LogP contribution is -1.96. The normalized spacial score (nSPS) is 10.8. The second-order valence-electron chi connectivity index (χ2n) is 5.71. The van der Waals surface area contributed by atoms with E-state index in [1.165, 1.54) is 11.3 Å². The summed E-state index contributed by atoms with van der Waals surface area (Å²) in [5.41, 5.74) is 2.59. The van der Waals surface area contributed by atoms with Crippen LogP contribution < -0.4 is 0 Å². The summed E-state index contributed by atoms with van der Waals surface area (Å²) in [6.07, 6.45) is 3.57. The standard InChI is InChI=1S/C20H12N2O2S/c21-9-12-5-6-17(16-4-2-1-3-15(12)16)18-11-22-10-13-7-14(8-19(23)24)25-20(13)18/h1-7,10-11H,8H2,(H,23,24). The van der Waals surface area contributed by atoms with E-state index in [1.807, 2.05) is 42.5 Å². The number of carboxylic acids is 1. The van der Waals surface area contributed by atoms with E-state index in [-0.39, 0.29) is 6.42 Å². The minimum atomic E-state index is -0.843. The number of nitrogens with zero attached hydrogens (tertiary/aromatic N) is 2. The van der Waals surface area contributed by atoms with E-state index in [4.69, 9.17) is 5.11 Å². The van der Waals surface area contributed by atoms with Gasteiger partial charge in [0, 0.05) is 38.3 Å². The summed E-state index contributed by atoms with van der Waals surface area (Å²) in [4.78, 5) is 16.1. The van der Waals surface area contributed by atoms with Gasteiger partial charge >= 0.3 is 5.97 Å². The third-order valence-electron chi connectivity index (χ3n) is 4.13. The van der Waals surface area contributed by atoms with E-state index in [0.717, 1.165) is 36.9 Å². The average Bonchev–Trinajstić information content (AvgIpc) is 3.02. The molecule has 0 amide bonds. The Morgan fingerprint density at radius 1 is 1.12 bits per heavy atom. The summed E-state index contributed by atoms with van der Waals surface area (Å²) < 4.78 is 1.01. The Labute approximate surface area is 147 Å². The van der Waals surface area contributed by atoms with Crippen molar-refractivity contribution in [2.75, 3.05) is 0 Å². The first-order chi connectivity index (χ1) is 12.2. The second-order valence-corrected chi connectivity index (χ2v) is 6.84. The fraction of sp³-hybridized carbons (Fsp3) is 0.0500. The van der Waals surface area contributed by atoms with Crippen LogP contribution in [0.4, 0.5) is 0 Å². The Hall–Kier alpha value is -3.23. The first kappa shape index (κ1) is 15.3. The maximum atomic E-state index is 11.0. The number of rotatable bonds is 3. The molecular weight excluding hydrogens is 332 g/mol. The maximum Gasteiger partial charge on any atom is 0.308 e. The van der Waals surface area contributed by atoms with Crippen molar-refractivity contribution in [3.05, 3.63) is 65.3 Å². The molecule has 1 N–H and O–H groups in total. The van der Waals surface area contributed by atoms with Crippen molar-refractivity contribution >= 4 is 38.2 Å². The van der Waals surface area contributed by atoms with Gasteiger partial charge in [0.15, 0.2) is 0 Å². The first-order valence-corrected chi connectivity index (χ1v) is 8.49. The summed E-state index contributed by atoms with van der Waals surface area (Å²) in [6, 6.07) is 15.7. The SMILES string of the molecule is N#Cc1ccc(-c2cncc3cc(CC(=O)O)sc23)c2ccccc12. The van der Waals surface area contributed by atoms with Gasteiger partial charge in [0.2, 0.25) is 0 Å². The molecule has 5 heteroatoms. The van der Waals surface area contributed by atoms with Crippen molar-refractivity contribution < 1.29 is 9.90 Å². The molecule has 2 aromatic carbocycles. The van der Waals surface area contributed by atoms with Crippen molar-refractivity contribution in [3.63, 3.8) is 0 Å². The van der Waals surface area contributed by atoms with Crippen molar-refractivity contribution in [1.29, 1.82) is 5.26 Å². The lowest BCUT2D eigenvalue weighted by Gasteiger charge is -2.09. The number of fused-ring (bicyclic) bond motifs is 2. The van der Waals surface area contributed by atoms with E-state index in [9.17, 15) is 10.1 Å². The molecule has 25 heavy (non-hydrogen) atoms. The van der Waals surface area contributed by atoms with Gasteiger partial charge < -0.3 is 5.11 Å². The van der Waals surface area contributed by atoms with Gasteiger partial charge in [-0.25, -0.2) is 0 Å². The number of thiophene rings is 1. The van der Waals surface area contributed by atoms with Crippen molar-refractivity contribution in [1.82, 2.24) is 4.98 Å². The number of aromatic nitrogens is 1. The minimum absolute atomic E-state index is 0.00685. The van der Waals surface area contributed by atoms with E-state index in [0.29, 0.717) is 5.56 Å². The van der Waals surface area contributed by atoms with Crippen molar-refractivity contribution in [3.8, 4) is 17.2 Å². The lowest BCUT2D eigenvalue weighted by atomic mass is 9.96. The van der Waals surface area contributed by atoms with E-state index in [1.54, 1.807) is 12.4 Å². The monoisotopic (exact) mass is 344 g/mol. The number of carboxylic acid groups (broad SMARTS) is 1. The highest BCUT2D eigenvalue weighted by molar-refractivity contribution is 7.19. The van der Waals surface area contributed by atoms with Gasteiger partial charge in [0.25, 0.3) is 0 Å². The Kier molecular flexibility index (Phi) is 3.68. The Morgan fingerprint density at radius 3 is 2.68 bits per heavy atom. The van der Waals surface area contributed by atoms with Gasteiger partial charge in [-0.3, -0.25) is 9.78 Å². The largest absolute Gasteiger partial charge is 0.481 e. The molecule has 0 saturated carbocycles. The maximum absolute atomic E-state index is 11.0. The third kappa shape index (κ3) is 2.63. The molecule has 0 aliphatic rings. The first-order valence-electron chi connectivity index (χ1n) is 7.68. The third-order valence-corrected chi connectivity index (χ3v) is 5.32. The smallest absolute Gasteiger partial charge is 0.308 e. The molecule has 0 saturated heterocycles. The van der Waals surface area contributed by atoms with Gasteiger partial charge in [0.05, 0.1) is 18.1 Å². The van der Waals surface area contributed by atoms with Crippen molar-refractivity contribution in [2.45, 2.75) is 6.42 Å². The molecular formula is C20H12N2O2S. The van der Waals surface area contributed by atoms with Crippen LogP contribution in [0, 0.1) is 11.3 Å². The predicted molar refractivity (Wildman–Crippen MR) is 98.6 cm³/mol. The number of aliphatic carboxylic acids is 1. The van der Waals surface area contributed by atoms with E-state index in [2.05, 4.69) is 11.1 Å². The summed E-state index contributed by atoms with van der Waals surface area (Å²) in [6.45, 7) is 0. The Balaban J connectivity index is 1.99. The van der Waals surface area contributed by atoms with Gasteiger partial charge in [-0.15, -0.1) is 11.3 Å². The lowest BCUT2D eigenvalue weighted by molar-refractivity contribution is -0.136. The van der Waals surface area contributed by atoms with Gasteiger partial charge in [0.1, 0.15) is 0 Å². The van der Waals surface area contributed by atoms with Gasteiger partial charge in [-0.2, -0.15) is 5.26 Å². The Morgan fingerprint density at radius 2 is 1.92 bits per heavy atom. The zero-order valence-corrected chi connectivity index (χ0v) is 13.9. The highest BCUT2D eigenvalue weighted by atomic mass is 32.1. The number of pyridine rings is 1. The molecule has 0 atom stereocenters. The molecule has 4 nitrogen and oxygen atoms in total. The molecule has 0 fully saturated rings. The summed E-state index contributed by atoms with van der Waals surface area (Å²) in [5.74, 6) is -0.843. The molecule has 0 aliphatic carbocycles. The topological polar surface area (TPSA) is 74.0 Å². The molecule has 0 aliphatic heterocycles. The minimum Gasteiger partial charge on any atom is -0.481 e. The molecule has 2 heterocycles. The molecule has 2 aromatic heterocycles. The van der Waals surface area contributed by atoms with Crippen molar-refractivity contribution in [2.24, 2.45) is 0 Å². The van der Waals surface area contributed by atoms with Crippen LogP contribution in [0.15, 0.2) is 54.9 Å². The van der Waals surface area contributed by atoms with Crippen LogP contribution in [0.1, 0.15) is 10.4 Å². The number of benzene rings is 2. The summed E-state index contributed by atoms with van der Waals surface area (Å²) >= 11 is 1.48. The highest BCUT2D eigenvalue weighted by Crippen LogP contribution is 2.38. The summed E-state index contributed by atoms with van der Waals surface area (Å²) in [7, 11) is 0. The summed E-state index contributed by atoms with van der Waals surface area (Å²) in [5, 5.41) is 21.2. The fourth-order valence-electron chi connectivity index (χ4n) is 3.08. The van der Waals surface area contributed by atoms with Crippen LogP contribution in [-0.4, -0.2) is 16.1 Å². The van der Waals surface area contributed by atoms with Crippen LogP contribution in [0.5, 0.6) is 0 Å². The van der Waals surface area contributed by atoms with Crippen LogP contribution in [0.25, 0.3) is 32.0 Å². The second kappa shape index (κ2) is 6.00. The molecule has 120 valence electrons. The van der Waals surface area contributed by atoms with Crippen LogP contribution >= 0.6 is 11.3 Å². The predicted octanol–water partition coefficient (Wildman–Crippen LogP) is 4.62. The molecule has 0 unspecified atom stereocenters. The average molecular weight is 344 g/mol. The quantitative estimate of drug-likeness (QED) is 0.589.